The van der Waals surface area contributed by atoms with Gasteiger partial charge in [-0.25, -0.2) is 4.68 Å². The molecule has 6 rings (SSSR count). The molecule has 1 aromatic heterocycles. The first-order valence-corrected chi connectivity index (χ1v) is 13.5. The summed E-state index contributed by atoms with van der Waals surface area (Å²) in [6, 6.07) is 21.5. The lowest BCUT2D eigenvalue weighted by Crippen LogP contribution is -2.39. The van der Waals surface area contributed by atoms with Crippen molar-refractivity contribution >= 4 is 17.5 Å². The molecule has 0 radical (unpaired) electrons. The summed E-state index contributed by atoms with van der Waals surface area (Å²) in [7, 11) is 0. The number of amides is 2. The van der Waals surface area contributed by atoms with Crippen molar-refractivity contribution in [1.29, 1.82) is 0 Å². The molecule has 0 aliphatic carbocycles. The molecule has 41 heavy (non-hydrogen) atoms. The maximum absolute atomic E-state index is 13.9. The van der Waals surface area contributed by atoms with E-state index in [1.807, 2.05) is 36.4 Å². The molecule has 10 heteroatoms. The van der Waals surface area contributed by atoms with Crippen LogP contribution in [0.3, 0.4) is 0 Å². The number of halogens is 3. The van der Waals surface area contributed by atoms with E-state index in [0.717, 1.165) is 35.4 Å². The van der Waals surface area contributed by atoms with E-state index in [1.165, 1.54) is 47.6 Å². The largest absolute Gasteiger partial charge is 0.435 e. The van der Waals surface area contributed by atoms with Crippen LogP contribution in [-0.4, -0.2) is 46.1 Å². The summed E-state index contributed by atoms with van der Waals surface area (Å²) >= 11 is 0. The van der Waals surface area contributed by atoms with Crippen LogP contribution in [-0.2, 0) is 19.1 Å². The van der Waals surface area contributed by atoms with Gasteiger partial charge in [0.2, 0.25) is 5.91 Å². The summed E-state index contributed by atoms with van der Waals surface area (Å²) in [6.07, 6.45) is -2.35. The average Bonchev–Trinajstić information content (AvgIpc) is 3.62. The number of fused-ring (bicyclic) bond motifs is 1. The van der Waals surface area contributed by atoms with Gasteiger partial charge in [0.05, 0.1) is 5.69 Å². The molecule has 3 aromatic carbocycles. The van der Waals surface area contributed by atoms with Gasteiger partial charge in [0.1, 0.15) is 5.69 Å². The Kier molecular flexibility index (Phi) is 6.86. The number of carbonyl (C=O) groups excluding carboxylic acids is 2. The minimum Gasteiger partial charge on any atom is -0.366 e. The van der Waals surface area contributed by atoms with E-state index < -0.39 is 23.7 Å². The number of carbonyl (C=O) groups is 2. The number of hydrogen-bond donors (Lipinski definition) is 1. The zero-order chi connectivity index (χ0) is 28.7. The van der Waals surface area contributed by atoms with Gasteiger partial charge in [-0.05, 0) is 79.4 Å². The van der Waals surface area contributed by atoms with Gasteiger partial charge in [-0.15, -0.1) is 0 Å². The summed E-state index contributed by atoms with van der Waals surface area (Å²) in [6.45, 7) is 3.12. The molecule has 2 aliphatic rings. The third-order valence-corrected chi connectivity index (χ3v) is 7.76. The Hall–Kier alpha value is -4.44. The highest BCUT2D eigenvalue weighted by Crippen LogP contribution is 2.37. The second-order valence-electron chi connectivity index (χ2n) is 10.4. The number of likely N-dealkylation sites (tertiary alicyclic amines) is 1. The zero-order valence-corrected chi connectivity index (χ0v) is 22.2. The maximum Gasteiger partial charge on any atom is 0.435 e. The fourth-order valence-electron chi connectivity index (χ4n) is 5.75. The van der Waals surface area contributed by atoms with Gasteiger partial charge in [-0.3, -0.25) is 14.5 Å². The minimum atomic E-state index is -4.75. The van der Waals surface area contributed by atoms with Crippen LogP contribution in [0.5, 0.6) is 0 Å². The van der Waals surface area contributed by atoms with Crippen LogP contribution in [0.4, 0.5) is 18.9 Å². The van der Waals surface area contributed by atoms with Crippen LogP contribution in [0.15, 0.2) is 72.8 Å². The number of nitrogens with two attached hydrogens (primary N) is 1. The molecule has 210 valence electrons. The molecule has 4 aromatic rings. The lowest BCUT2D eigenvalue weighted by Gasteiger charge is -2.28. The molecular formula is C31H28F3N5O2. The molecule has 7 nitrogen and oxygen atoms in total. The van der Waals surface area contributed by atoms with Crippen molar-refractivity contribution in [2.75, 3.05) is 24.5 Å². The highest BCUT2D eigenvalue weighted by atomic mass is 19.4. The fourth-order valence-corrected chi connectivity index (χ4v) is 5.75. The molecule has 0 spiro atoms. The molecule has 2 amide bonds. The van der Waals surface area contributed by atoms with Gasteiger partial charge in [-0.1, -0.05) is 42.5 Å². The molecule has 0 saturated carbocycles. The van der Waals surface area contributed by atoms with E-state index in [1.54, 1.807) is 0 Å². The van der Waals surface area contributed by atoms with Gasteiger partial charge in [0.15, 0.2) is 5.69 Å². The number of alkyl halides is 3. The number of primary amides is 1. The van der Waals surface area contributed by atoms with Gasteiger partial charge in [0.25, 0.3) is 5.91 Å². The van der Waals surface area contributed by atoms with Crippen LogP contribution < -0.4 is 10.6 Å². The number of hydrogen-bond acceptors (Lipinski definition) is 4. The molecule has 3 heterocycles. The summed E-state index contributed by atoms with van der Waals surface area (Å²) < 4.78 is 42.8. The Balaban J connectivity index is 1.34. The monoisotopic (exact) mass is 559 g/mol. The average molecular weight is 560 g/mol. The molecule has 2 N–H and O–H groups in total. The number of aromatic nitrogens is 2. The number of anilines is 1. The summed E-state index contributed by atoms with van der Waals surface area (Å²) in [4.78, 5) is 29.4. The molecule has 0 atom stereocenters. The van der Waals surface area contributed by atoms with Crippen molar-refractivity contribution in [3.05, 3.63) is 101 Å². The van der Waals surface area contributed by atoms with E-state index in [0.29, 0.717) is 5.69 Å². The normalized spacial score (nSPS) is 15.8. The molecule has 0 unspecified atom stereocenters. The summed E-state index contributed by atoms with van der Waals surface area (Å²) in [5.74, 6) is -1.33. The van der Waals surface area contributed by atoms with Crippen LogP contribution in [0, 0.1) is 0 Å². The van der Waals surface area contributed by atoms with Crippen molar-refractivity contribution in [1.82, 2.24) is 14.7 Å². The quantitative estimate of drug-likeness (QED) is 0.340. The lowest BCUT2D eigenvalue weighted by atomic mass is 9.98. The van der Waals surface area contributed by atoms with Crippen molar-refractivity contribution in [3.8, 4) is 16.8 Å². The predicted octanol–water partition coefficient (Wildman–Crippen LogP) is 5.46. The van der Waals surface area contributed by atoms with Crippen LogP contribution in [0.25, 0.3) is 16.8 Å². The highest BCUT2D eigenvalue weighted by molar-refractivity contribution is 6.07. The van der Waals surface area contributed by atoms with Crippen molar-refractivity contribution in [2.24, 2.45) is 5.73 Å². The Morgan fingerprint density at radius 3 is 2.34 bits per heavy atom. The first-order valence-electron chi connectivity index (χ1n) is 13.5. The van der Waals surface area contributed by atoms with Crippen molar-refractivity contribution in [2.45, 2.75) is 32.0 Å². The highest BCUT2D eigenvalue weighted by Gasteiger charge is 2.43. The Morgan fingerprint density at radius 2 is 1.63 bits per heavy atom. The smallest absolute Gasteiger partial charge is 0.366 e. The minimum absolute atomic E-state index is 0.0220. The first kappa shape index (κ1) is 26.8. The molecule has 2 aliphatic heterocycles. The number of rotatable bonds is 6. The van der Waals surface area contributed by atoms with Crippen molar-refractivity contribution < 1.29 is 22.8 Å². The second-order valence-corrected chi connectivity index (χ2v) is 10.4. The van der Waals surface area contributed by atoms with E-state index >= 15 is 0 Å². The van der Waals surface area contributed by atoms with E-state index in [2.05, 4.69) is 22.1 Å². The zero-order valence-electron chi connectivity index (χ0n) is 22.2. The van der Waals surface area contributed by atoms with Crippen LogP contribution in [0.2, 0.25) is 0 Å². The summed E-state index contributed by atoms with van der Waals surface area (Å²) in [5.41, 5.74) is 8.10. The molecule has 1 saturated heterocycles. The molecule has 0 bridgehead atoms. The van der Waals surface area contributed by atoms with E-state index in [4.69, 9.17) is 5.73 Å². The van der Waals surface area contributed by atoms with Crippen molar-refractivity contribution in [3.63, 3.8) is 0 Å². The fraction of sp³-hybridized carbons (Fsp3) is 0.258. The van der Waals surface area contributed by atoms with Gasteiger partial charge in [-0.2, -0.15) is 18.3 Å². The first-order chi connectivity index (χ1) is 19.7. The SMILES string of the molecule is NC(=O)c1cccc(-n2nc(C(F)(F)F)c3c2C(=O)N(c2ccc(-c4ccccc4CN4CCCC4)cc2)CC3)c1. The Morgan fingerprint density at radius 1 is 0.902 bits per heavy atom. The van der Waals surface area contributed by atoms with E-state index in [9.17, 15) is 22.8 Å². The summed E-state index contributed by atoms with van der Waals surface area (Å²) in [5, 5.41) is 3.81. The van der Waals surface area contributed by atoms with Gasteiger partial charge < -0.3 is 10.6 Å². The number of nitrogens with zero attached hydrogens (tertiary/aromatic N) is 4. The standard InChI is InChI=1S/C31H28F3N5O2/c32-31(33,34)28-26-14-17-38(30(41)27(26)39(36-28)24-8-5-7-21(18-24)29(35)40)23-12-10-20(11-13-23)25-9-2-1-6-22(25)19-37-15-3-4-16-37/h1-2,5-13,18H,3-4,14-17,19H2,(H2,35,40). The topological polar surface area (TPSA) is 84.5 Å². The molecule has 1 fully saturated rings. The third kappa shape index (κ3) is 5.11. The van der Waals surface area contributed by atoms with E-state index in [-0.39, 0.29) is 35.5 Å². The number of benzene rings is 3. The Bertz CT molecular complexity index is 1620. The van der Waals surface area contributed by atoms with Crippen LogP contribution in [0.1, 0.15) is 50.5 Å². The lowest BCUT2D eigenvalue weighted by molar-refractivity contribution is -0.141. The van der Waals surface area contributed by atoms with Crippen LogP contribution >= 0.6 is 0 Å². The Labute approximate surface area is 235 Å². The second kappa shape index (κ2) is 10.5. The molecular weight excluding hydrogens is 531 g/mol. The van der Waals surface area contributed by atoms with Gasteiger partial charge >= 0.3 is 6.18 Å². The predicted molar refractivity (Wildman–Crippen MR) is 149 cm³/mol. The third-order valence-electron chi connectivity index (χ3n) is 7.76. The maximum atomic E-state index is 13.9. The van der Waals surface area contributed by atoms with Gasteiger partial charge in [0, 0.05) is 29.9 Å².